The third-order valence-electron chi connectivity index (χ3n) is 3.41. The maximum Gasteiger partial charge on any atom is 0.136 e. The molecule has 1 aliphatic carbocycles. The third kappa shape index (κ3) is 3.69. The molecule has 1 fully saturated rings. The summed E-state index contributed by atoms with van der Waals surface area (Å²) in [5.41, 5.74) is 0. The molecule has 0 saturated heterocycles. The normalized spacial score (nSPS) is 14.2. The van der Waals surface area contributed by atoms with Gasteiger partial charge >= 0.3 is 0 Å². The number of hydrogen-bond acceptors (Lipinski definition) is 6. The third-order valence-corrected chi connectivity index (χ3v) is 4.56. The molecule has 2 heterocycles. The highest BCUT2D eigenvalue weighted by molar-refractivity contribution is 7.11. The van der Waals surface area contributed by atoms with Crippen molar-refractivity contribution in [3.05, 3.63) is 28.0 Å². The summed E-state index contributed by atoms with van der Waals surface area (Å²) in [6.07, 6.45) is 5.42. The summed E-state index contributed by atoms with van der Waals surface area (Å²) >= 11 is 1.76. The Labute approximate surface area is 129 Å². The van der Waals surface area contributed by atoms with Crippen LogP contribution in [0.5, 0.6) is 0 Å². The second kappa shape index (κ2) is 6.39. The van der Waals surface area contributed by atoms with Gasteiger partial charge in [0.15, 0.2) is 0 Å². The van der Waals surface area contributed by atoms with Gasteiger partial charge in [-0.1, -0.05) is 6.92 Å². The Morgan fingerprint density at radius 2 is 1.95 bits per heavy atom. The van der Waals surface area contributed by atoms with Crippen molar-refractivity contribution in [2.24, 2.45) is 0 Å². The van der Waals surface area contributed by atoms with Gasteiger partial charge in [-0.25, -0.2) is 15.0 Å². The Morgan fingerprint density at radius 3 is 2.57 bits per heavy atom. The van der Waals surface area contributed by atoms with E-state index in [1.54, 1.807) is 11.3 Å². The first-order chi connectivity index (χ1) is 10.3. The zero-order chi connectivity index (χ0) is 14.7. The monoisotopic (exact) mass is 303 g/mol. The van der Waals surface area contributed by atoms with Gasteiger partial charge in [0.05, 0.1) is 6.54 Å². The fraction of sp³-hybridized carbons (Fsp3) is 0.533. The van der Waals surface area contributed by atoms with Crippen molar-refractivity contribution < 1.29 is 0 Å². The average molecular weight is 303 g/mol. The van der Waals surface area contributed by atoms with Crippen LogP contribution in [0.4, 0.5) is 11.6 Å². The quantitative estimate of drug-likeness (QED) is 0.820. The lowest BCUT2D eigenvalue weighted by molar-refractivity contribution is 0.917. The highest BCUT2D eigenvalue weighted by Crippen LogP contribution is 2.38. The predicted molar refractivity (Wildman–Crippen MR) is 87.0 cm³/mol. The summed E-state index contributed by atoms with van der Waals surface area (Å²) < 4.78 is 0. The van der Waals surface area contributed by atoms with Crippen LogP contribution in [-0.2, 0) is 13.0 Å². The van der Waals surface area contributed by atoms with E-state index in [1.807, 2.05) is 12.3 Å². The molecule has 0 bridgehead atoms. The summed E-state index contributed by atoms with van der Waals surface area (Å²) in [5.74, 6) is 3.31. The van der Waals surface area contributed by atoms with Crippen molar-refractivity contribution in [1.29, 1.82) is 0 Å². The molecule has 2 aromatic heterocycles. The number of thiazole rings is 1. The molecule has 0 amide bonds. The fourth-order valence-electron chi connectivity index (χ4n) is 2.11. The van der Waals surface area contributed by atoms with Gasteiger partial charge < -0.3 is 10.6 Å². The van der Waals surface area contributed by atoms with Gasteiger partial charge in [0.1, 0.15) is 22.5 Å². The highest BCUT2D eigenvalue weighted by atomic mass is 32.1. The van der Waals surface area contributed by atoms with E-state index in [0.29, 0.717) is 5.92 Å². The molecular formula is C15H21N5S. The molecule has 3 rings (SSSR count). The first-order valence-corrected chi connectivity index (χ1v) is 8.40. The number of aryl methyl sites for hydroxylation is 1. The molecule has 1 aliphatic rings. The van der Waals surface area contributed by atoms with E-state index in [-0.39, 0.29) is 0 Å². The standard InChI is InChI=1S/C15H21N5S/c1-3-11-8-18-14(21-11)9-17-13-7-12(16-4-2)19-15(20-13)10-5-6-10/h7-8,10H,3-6,9H2,1-2H3,(H2,16,17,19,20). The molecule has 0 aromatic carbocycles. The van der Waals surface area contributed by atoms with Crippen molar-refractivity contribution in [2.75, 3.05) is 17.2 Å². The zero-order valence-corrected chi connectivity index (χ0v) is 13.3. The first kappa shape index (κ1) is 14.3. The molecule has 5 nitrogen and oxygen atoms in total. The lowest BCUT2D eigenvalue weighted by Gasteiger charge is -2.09. The van der Waals surface area contributed by atoms with Crippen LogP contribution >= 0.6 is 11.3 Å². The number of rotatable bonds is 7. The summed E-state index contributed by atoms with van der Waals surface area (Å²) in [6, 6.07) is 1.98. The van der Waals surface area contributed by atoms with E-state index in [4.69, 9.17) is 0 Å². The number of hydrogen-bond donors (Lipinski definition) is 2. The van der Waals surface area contributed by atoms with Crippen LogP contribution in [0.2, 0.25) is 0 Å². The molecular weight excluding hydrogens is 282 g/mol. The van der Waals surface area contributed by atoms with Crippen molar-refractivity contribution in [3.63, 3.8) is 0 Å². The molecule has 2 N–H and O–H groups in total. The second-order valence-electron chi connectivity index (χ2n) is 5.23. The summed E-state index contributed by atoms with van der Waals surface area (Å²) in [7, 11) is 0. The van der Waals surface area contributed by atoms with Crippen LogP contribution in [0.15, 0.2) is 12.3 Å². The second-order valence-corrected chi connectivity index (χ2v) is 6.43. The van der Waals surface area contributed by atoms with Crippen molar-refractivity contribution >= 4 is 23.0 Å². The number of anilines is 2. The van der Waals surface area contributed by atoms with Gasteiger partial charge in [-0.3, -0.25) is 0 Å². The van der Waals surface area contributed by atoms with Gasteiger partial charge in [0.2, 0.25) is 0 Å². The minimum atomic E-state index is 0.552. The molecule has 0 spiro atoms. The van der Waals surface area contributed by atoms with E-state index in [9.17, 15) is 0 Å². The Kier molecular flexibility index (Phi) is 4.34. The molecule has 6 heteroatoms. The lowest BCUT2D eigenvalue weighted by atomic mass is 10.3. The molecule has 2 aromatic rings. The van der Waals surface area contributed by atoms with Gasteiger partial charge in [-0.05, 0) is 26.2 Å². The smallest absolute Gasteiger partial charge is 0.136 e. The maximum atomic E-state index is 4.63. The fourth-order valence-corrected chi connectivity index (χ4v) is 2.91. The number of aromatic nitrogens is 3. The van der Waals surface area contributed by atoms with Crippen LogP contribution in [0, 0.1) is 0 Å². The van der Waals surface area contributed by atoms with E-state index in [2.05, 4.69) is 39.4 Å². The van der Waals surface area contributed by atoms with Crippen LogP contribution in [0.1, 0.15) is 48.3 Å². The van der Waals surface area contributed by atoms with Crippen LogP contribution in [-0.4, -0.2) is 21.5 Å². The Bertz CT molecular complexity index is 606. The van der Waals surface area contributed by atoms with Gasteiger partial charge in [0, 0.05) is 29.6 Å². The van der Waals surface area contributed by atoms with E-state index >= 15 is 0 Å². The minimum Gasteiger partial charge on any atom is -0.370 e. The Balaban J connectivity index is 1.71. The lowest BCUT2D eigenvalue weighted by Crippen LogP contribution is -2.07. The molecule has 112 valence electrons. The van der Waals surface area contributed by atoms with Crippen LogP contribution < -0.4 is 10.6 Å². The summed E-state index contributed by atoms with van der Waals surface area (Å²) in [6.45, 7) is 5.82. The largest absolute Gasteiger partial charge is 0.370 e. The van der Waals surface area contributed by atoms with Crippen LogP contribution in [0.3, 0.4) is 0 Å². The zero-order valence-electron chi connectivity index (χ0n) is 12.5. The van der Waals surface area contributed by atoms with E-state index in [0.717, 1.165) is 42.0 Å². The van der Waals surface area contributed by atoms with Gasteiger partial charge in [-0.15, -0.1) is 11.3 Å². The van der Waals surface area contributed by atoms with E-state index < -0.39 is 0 Å². The topological polar surface area (TPSA) is 62.7 Å². The summed E-state index contributed by atoms with van der Waals surface area (Å²) in [5, 5.41) is 7.76. The first-order valence-electron chi connectivity index (χ1n) is 7.58. The molecule has 21 heavy (non-hydrogen) atoms. The van der Waals surface area contributed by atoms with Crippen molar-refractivity contribution in [2.45, 2.75) is 45.6 Å². The Morgan fingerprint density at radius 1 is 1.19 bits per heavy atom. The van der Waals surface area contributed by atoms with Crippen molar-refractivity contribution in [1.82, 2.24) is 15.0 Å². The van der Waals surface area contributed by atoms with E-state index in [1.165, 1.54) is 17.7 Å². The summed E-state index contributed by atoms with van der Waals surface area (Å²) in [4.78, 5) is 15.0. The molecule has 0 unspecified atom stereocenters. The molecule has 1 saturated carbocycles. The molecule has 0 radical (unpaired) electrons. The Hall–Kier alpha value is -1.69. The SMILES string of the molecule is CCNc1cc(NCc2ncc(CC)s2)nc(C2CC2)n1. The highest BCUT2D eigenvalue weighted by Gasteiger charge is 2.27. The molecule has 0 aliphatic heterocycles. The average Bonchev–Trinajstić information content (AvgIpc) is 3.24. The van der Waals surface area contributed by atoms with Crippen molar-refractivity contribution in [3.8, 4) is 0 Å². The van der Waals surface area contributed by atoms with Crippen LogP contribution in [0.25, 0.3) is 0 Å². The maximum absolute atomic E-state index is 4.63. The predicted octanol–water partition coefficient (Wildman–Crippen LogP) is 3.42. The number of nitrogens with zero attached hydrogens (tertiary/aromatic N) is 3. The minimum absolute atomic E-state index is 0.552. The van der Waals surface area contributed by atoms with Gasteiger partial charge in [-0.2, -0.15) is 0 Å². The molecule has 0 atom stereocenters. The number of nitrogens with one attached hydrogen (secondary N) is 2. The van der Waals surface area contributed by atoms with Gasteiger partial charge in [0.25, 0.3) is 0 Å².